The van der Waals surface area contributed by atoms with Gasteiger partial charge in [0.25, 0.3) is 5.91 Å². The molecule has 1 amide bonds. The number of hydrogen-bond donors (Lipinski definition) is 2. The second-order valence-electron chi connectivity index (χ2n) is 9.62. The lowest BCUT2D eigenvalue weighted by Crippen LogP contribution is -2.44. The number of benzene rings is 3. The minimum atomic E-state index is -5.26. The molecule has 3 aromatic carbocycles. The number of esters is 1. The van der Waals surface area contributed by atoms with Crippen molar-refractivity contribution in [3.8, 4) is 17.2 Å². The van der Waals surface area contributed by atoms with E-state index in [2.05, 4.69) is 10.3 Å². The smallest absolute Gasteiger partial charge is 0.421 e. The van der Waals surface area contributed by atoms with Gasteiger partial charge in [0.1, 0.15) is 23.2 Å². The first-order chi connectivity index (χ1) is 20.2. The largest absolute Gasteiger partial charge is 0.467 e. The number of aliphatic hydroxyl groups is 1. The first-order valence-corrected chi connectivity index (χ1v) is 12.8. The highest BCUT2D eigenvalue weighted by Crippen LogP contribution is 2.39. The summed E-state index contributed by atoms with van der Waals surface area (Å²) in [6, 6.07) is 12.3. The Labute approximate surface area is 246 Å². The molecule has 4 aromatic rings. The summed E-state index contributed by atoms with van der Waals surface area (Å²) in [4.78, 5) is 30.0. The van der Waals surface area contributed by atoms with Crippen molar-refractivity contribution in [3.63, 3.8) is 0 Å². The quantitative estimate of drug-likeness (QED) is 0.195. The molecule has 1 unspecified atom stereocenters. The van der Waals surface area contributed by atoms with Crippen molar-refractivity contribution in [2.24, 2.45) is 0 Å². The van der Waals surface area contributed by atoms with Crippen LogP contribution in [0.2, 0.25) is 5.02 Å². The minimum absolute atomic E-state index is 0.199. The van der Waals surface area contributed by atoms with Gasteiger partial charge in [0.2, 0.25) is 0 Å². The van der Waals surface area contributed by atoms with Gasteiger partial charge < -0.3 is 15.2 Å². The van der Waals surface area contributed by atoms with Gasteiger partial charge in [-0.05, 0) is 48.4 Å². The third-order valence-electron chi connectivity index (χ3n) is 6.85. The second-order valence-corrected chi connectivity index (χ2v) is 10.0. The van der Waals surface area contributed by atoms with E-state index >= 15 is 0 Å². The molecule has 43 heavy (non-hydrogen) atoms. The van der Waals surface area contributed by atoms with Crippen LogP contribution in [0.15, 0.2) is 60.8 Å². The van der Waals surface area contributed by atoms with Gasteiger partial charge in [-0.2, -0.15) is 18.4 Å². The number of methoxy groups -OCH3 is 1. The maximum Gasteiger partial charge on any atom is 0.421 e. The number of pyridine rings is 1. The van der Waals surface area contributed by atoms with Crippen LogP contribution < -0.4 is 5.32 Å². The molecule has 0 bridgehead atoms. The number of carbonyl (C=O) groups is 2. The minimum Gasteiger partial charge on any atom is -0.467 e. The van der Waals surface area contributed by atoms with E-state index in [1.807, 2.05) is 6.07 Å². The van der Waals surface area contributed by atoms with Crippen LogP contribution in [0.3, 0.4) is 0 Å². The Hall–Kier alpha value is -4.60. The summed E-state index contributed by atoms with van der Waals surface area (Å²) in [5.74, 6) is -5.77. The molecule has 1 heterocycles. The van der Waals surface area contributed by atoms with Gasteiger partial charge in [-0.25, -0.2) is 13.6 Å². The van der Waals surface area contributed by atoms with E-state index in [9.17, 15) is 36.6 Å². The molecule has 1 aromatic heterocycles. The number of amides is 1. The van der Waals surface area contributed by atoms with Gasteiger partial charge in [-0.1, -0.05) is 35.9 Å². The monoisotopic (exact) mass is 617 g/mol. The highest BCUT2D eigenvalue weighted by Gasteiger charge is 2.51. The summed E-state index contributed by atoms with van der Waals surface area (Å²) in [6.07, 6.45) is -3.96. The normalized spacial score (nSPS) is 13.6. The molecule has 0 aliphatic carbocycles. The standard InChI is InChI=1S/C30H21ClF5N3O4/c1-29(42,30(34,35)36)17-12-22(32)25(23(33)13-17)27(40)39-24(28(41)43-2)11-16-6-8-20(26-18(16)4-3-9-38-26)19-7-5-15(14-37)10-21(19)31/h3-10,12-13,24,42H,11H2,1-2H3,(H,39,40)/t24-,29?/m0/s1. The number of nitrogens with zero attached hydrogens (tertiary/aromatic N) is 2. The number of ether oxygens (including phenoxy) is 1. The molecule has 2 atom stereocenters. The van der Waals surface area contributed by atoms with Crippen LogP contribution in [-0.2, 0) is 21.6 Å². The number of alkyl halides is 3. The predicted octanol–water partition coefficient (Wildman–Crippen LogP) is 5.99. The Bertz CT molecular complexity index is 1760. The average Bonchev–Trinajstić information content (AvgIpc) is 2.95. The Morgan fingerprint density at radius 3 is 2.33 bits per heavy atom. The Morgan fingerprint density at radius 2 is 1.74 bits per heavy atom. The fourth-order valence-corrected chi connectivity index (χ4v) is 4.73. The molecule has 2 N–H and O–H groups in total. The van der Waals surface area contributed by atoms with Gasteiger partial charge in [-0.15, -0.1) is 0 Å². The van der Waals surface area contributed by atoms with Crippen LogP contribution in [0.25, 0.3) is 22.0 Å². The van der Waals surface area contributed by atoms with Crippen molar-refractivity contribution in [2.75, 3.05) is 7.11 Å². The van der Waals surface area contributed by atoms with Crippen molar-refractivity contribution in [3.05, 3.63) is 99.7 Å². The van der Waals surface area contributed by atoms with Crippen molar-refractivity contribution < 1.29 is 41.4 Å². The number of carbonyl (C=O) groups excluding carboxylic acids is 2. The highest BCUT2D eigenvalue weighted by molar-refractivity contribution is 6.33. The van der Waals surface area contributed by atoms with E-state index < -0.39 is 52.5 Å². The number of hydrogen-bond acceptors (Lipinski definition) is 6. The molecular formula is C30H21ClF5N3O4. The molecule has 222 valence electrons. The van der Waals surface area contributed by atoms with Gasteiger partial charge in [-0.3, -0.25) is 9.78 Å². The van der Waals surface area contributed by atoms with E-state index in [-0.39, 0.29) is 18.6 Å². The van der Waals surface area contributed by atoms with Crippen molar-refractivity contribution in [1.82, 2.24) is 10.3 Å². The zero-order valence-corrected chi connectivity index (χ0v) is 23.1. The Kier molecular flexibility index (Phi) is 8.71. The van der Waals surface area contributed by atoms with Crippen LogP contribution in [0, 0.1) is 23.0 Å². The Balaban J connectivity index is 1.69. The lowest BCUT2D eigenvalue weighted by molar-refractivity contribution is -0.259. The summed E-state index contributed by atoms with van der Waals surface area (Å²) >= 11 is 6.41. The van der Waals surface area contributed by atoms with Crippen LogP contribution >= 0.6 is 11.6 Å². The fourth-order valence-electron chi connectivity index (χ4n) is 4.45. The summed E-state index contributed by atoms with van der Waals surface area (Å²) < 4.78 is 73.9. The number of rotatable bonds is 7. The number of fused-ring (bicyclic) bond motifs is 1. The molecule has 7 nitrogen and oxygen atoms in total. The van der Waals surface area contributed by atoms with Gasteiger partial charge in [0, 0.05) is 34.2 Å². The molecule has 0 fully saturated rings. The molecule has 0 spiro atoms. The first-order valence-electron chi connectivity index (χ1n) is 12.4. The molecular weight excluding hydrogens is 597 g/mol. The SMILES string of the molecule is COC(=O)[C@H](Cc1ccc(-c2ccc(C#N)cc2Cl)c2ncccc12)NC(=O)c1c(F)cc(C(C)(O)C(F)(F)F)cc1F. The van der Waals surface area contributed by atoms with E-state index in [1.165, 1.54) is 12.3 Å². The first kappa shape index (κ1) is 31.3. The maximum absolute atomic E-state index is 14.8. The molecule has 4 rings (SSSR count). The van der Waals surface area contributed by atoms with Crippen LogP contribution in [0.4, 0.5) is 22.0 Å². The zero-order chi connectivity index (χ0) is 31.7. The van der Waals surface area contributed by atoms with E-state index in [0.29, 0.717) is 45.1 Å². The zero-order valence-electron chi connectivity index (χ0n) is 22.4. The third kappa shape index (κ3) is 6.14. The van der Waals surface area contributed by atoms with Crippen LogP contribution in [0.5, 0.6) is 0 Å². The summed E-state index contributed by atoms with van der Waals surface area (Å²) in [5, 5.41) is 21.9. The van der Waals surface area contributed by atoms with Crippen molar-refractivity contribution in [1.29, 1.82) is 5.26 Å². The predicted molar refractivity (Wildman–Crippen MR) is 146 cm³/mol. The van der Waals surface area contributed by atoms with Gasteiger partial charge in [0.05, 0.1) is 24.3 Å². The fraction of sp³-hybridized carbons (Fsp3) is 0.200. The number of aromatic nitrogens is 1. The molecule has 0 radical (unpaired) electrons. The van der Waals surface area contributed by atoms with E-state index in [4.69, 9.17) is 21.6 Å². The summed E-state index contributed by atoms with van der Waals surface area (Å²) in [5.41, 5.74) is -3.53. The molecule has 13 heteroatoms. The summed E-state index contributed by atoms with van der Waals surface area (Å²) in [7, 11) is 1.03. The third-order valence-corrected chi connectivity index (χ3v) is 7.16. The molecule has 0 aliphatic rings. The second kappa shape index (κ2) is 11.9. The lowest BCUT2D eigenvalue weighted by atomic mass is 9.93. The van der Waals surface area contributed by atoms with E-state index in [1.54, 1.807) is 36.4 Å². The average molecular weight is 618 g/mol. The number of nitrogens with one attached hydrogen (secondary N) is 1. The van der Waals surface area contributed by atoms with Gasteiger partial charge in [0.15, 0.2) is 5.60 Å². The van der Waals surface area contributed by atoms with Crippen molar-refractivity contribution >= 4 is 34.4 Å². The molecule has 0 aliphatic heterocycles. The van der Waals surface area contributed by atoms with Crippen LogP contribution in [-0.4, -0.2) is 41.3 Å². The summed E-state index contributed by atoms with van der Waals surface area (Å²) in [6.45, 7) is 0.313. The Morgan fingerprint density at radius 1 is 1.09 bits per heavy atom. The lowest BCUT2D eigenvalue weighted by Gasteiger charge is -2.27. The number of nitriles is 1. The van der Waals surface area contributed by atoms with Gasteiger partial charge >= 0.3 is 12.1 Å². The maximum atomic E-state index is 14.8. The topological polar surface area (TPSA) is 112 Å². The highest BCUT2D eigenvalue weighted by atomic mass is 35.5. The molecule has 0 saturated carbocycles. The van der Waals surface area contributed by atoms with E-state index in [0.717, 1.165) is 7.11 Å². The number of halogens is 6. The van der Waals surface area contributed by atoms with Crippen LogP contribution in [0.1, 0.15) is 34.0 Å². The molecule has 0 saturated heterocycles. The van der Waals surface area contributed by atoms with Crippen molar-refractivity contribution in [2.45, 2.75) is 31.2 Å².